The van der Waals surface area contributed by atoms with Gasteiger partial charge in [0.1, 0.15) is 17.7 Å². The first-order chi connectivity index (χ1) is 16.3. The first-order valence-corrected chi connectivity index (χ1v) is 12.2. The number of hydrogen-bond acceptors (Lipinski definition) is 5. The zero-order valence-electron chi connectivity index (χ0n) is 21.6. The number of likely N-dealkylation sites (tertiary alicyclic amines) is 1. The average molecular weight is 490 g/mol. The van der Waals surface area contributed by atoms with E-state index < -0.39 is 41.1 Å². The Morgan fingerprint density at radius 1 is 1.06 bits per heavy atom. The molecule has 194 valence electrons. The largest absolute Gasteiger partial charge is 0.480 e. The summed E-state index contributed by atoms with van der Waals surface area (Å²) in [5.74, 6) is -2.25. The predicted octanol–water partition coefficient (Wildman–Crippen LogP) is 3.08. The molecule has 0 spiro atoms. The van der Waals surface area contributed by atoms with Crippen LogP contribution in [0.2, 0.25) is 0 Å². The molecule has 0 saturated carbocycles. The van der Waals surface area contributed by atoms with Crippen LogP contribution >= 0.6 is 0 Å². The van der Waals surface area contributed by atoms with Gasteiger partial charge >= 0.3 is 12.1 Å². The molecule has 1 aromatic carbocycles. The van der Waals surface area contributed by atoms with Gasteiger partial charge in [0.25, 0.3) is 0 Å². The number of aliphatic carboxylic acids is 1. The number of amides is 3. The predicted molar refractivity (Wildman–Crippen MR) is 132 cm³/mol. The van der Waals surface area contributed by atoms with Gasteiger partial charge in [-0.2, -0.15) is 0 Å². The minimum absolute atomic E-state index is 0.257. The minimum atomic E-state index is -1.11. The molecule has 1 heterocycles. The fourth-order valence-electron chi connectivity index (χ4n) is 4.16. The van der Waals surface area contributed by atoms with Crippen LogP contribution in [0, 0.1) is 5.92 Å². The summed E-state index contributed by atoms with van der Waals surface area (Å²) < 4.78 is 5.48. The number of nitrogens with one attached hydrogen (secondary N) is 2. The smallest absolute Gasteiger partial charge is 0.410 e. The standard InChI is InChI=1S/C26H39N3O6/c1-7-17(2)20(22(31)32)28-21(30)18(3)27-23(33)26(19-11-9-8-10-12-19)13-15-29(16-14-26)24(34)35-25(4,5)6/h8-12,17-18,20H,7,13-16H2,1-6H3,(H,27,33)(H,28,30)(H,31,32)/t17?,18-,20+/m1/s1. The summed E-state index contributed by atoms with van der Waals surface area (Å²) in [5, 5.41) is 14.8. The topological polar surface area (TPSA) is 125 Å². The summed E-state index contributed by atoms with van der Waals surface area (Å²) in [6, 6.07) is 7.34. The van der Waals surface area contributed by atoms with Gasteiger partial charge in [0.15, 0.2) is 0 Å². The van der Waals surface area contributed by atoms with Crippen molar-refractivity contribution in [1.82, 2.24) is 15.5 Å². The molecule has 1 saturated heterocycles. The Hall–Kier alpha value is -3.10. The highest BCUT2D eigenvalue weighted by Crippen LogP contribution is 2.36. The lowest BCUT2D eigenvalue weighted by Gasteiger charge is -2.41. The number of carboxylic acid groups (broad SMARTS) is 1. The lowest BCUT2D eigenvalue weighted by Crippen LogP contribution is -2.58. The summed E-state index contributed by atoms with van der Waals surface area (Å²) in [6.45, 7) is 11.2. The van der Waals surface area contributed by atoms with E-state index in [0.29, 0.717) is 32.4 Å². The van der Waals surface area contributed by atoms with Crippen molar-refractivity contribution in [2.45, 2.75) is 83.9 Å². The Bertz CT molecular complexity index is 903. The average Bonchev–Trinajstić information content (AvgIpc) is 2.81. The molecule has 35 heavy (non-hydrogen) atoms. The molecule has 3 amide bonds. The summed E-state index contributed by atoms with van der Waals surface area (Å²) in [5.41, 5.74) is -0.747. The van der Waals surface area contributed by atoms with Crippen molar-refractivity contribution in [3.8, 4) is 0 Å². The van der Waals surface area contributed by atoms with Gasteiger partial charge in [-0.3, -0.25) is 9.59 Å². The number of hydrogen-bond donors (Lipinski definition) is 3. The Kier molecular flexibility index (Phi) is 9.29. The number of rotatable bonds is 8. The van der Waals surface area contributed by atoms with E-state index in [1.807, 2.05) is 37.3 Å². The molecule has 1 fully saturated rings. The molecule has 1 aliphatic heterocycles. The van der Waals surface area contributed by atoms with Crippen LogP contribution in [0.25, 0.3) is 0 Å². The van der Waals surface area contributed by atoms with Crippen molar-refractivity contribution in [3.05, 3.63) is 35.9 Å². The van der Waals surface area contributed by atoms with Crippen LogP contribution in [0.3, 0.4) is 0 Å². The van der Waals surface area contributed by atoms with Crippen molar-refractivity contribution in [3.63, 3.8) is 0 Å². The molecule has 2 rings (SSSR count). The maximum atomic E-state index is 13.6. The third-order valence-electron chi connectivity index (χ3n) is 6.55. The van der Waals surface area contributed by atoms with Crippen LogP contribution in [0.4, 0.5) is 4.79 Å². The van der Waals surface area contributed by atoms with E-state index in [2.05, 4.69) is 10.6 Å². The van der Waals surface area contributed by atoms with Crippen molar-refractivity contribution >= 4 is 23.9 Å². The molecular weight excluding hydrogens is 450 g/mol. The highest BCUT2D eigenvalue weighted by atomic mass is 16.6. The van der Waals surface area contributed by atoms with Gasteiger partial charge in [0.05, 0.1) is 5.41 Å². The number of benzene rings is 1. The van der Waals surface area contributed by atoms with Crippen LogP contribution in [0.5, 0.6) is 0 Å². The highest BCUT2D eigenvalue weighted by Gasteiger charge is 2.45. The van der Waals surface area contributed by atoms with E-state index in [1.54, 1.807) is 32.6 Å². The van der Waals surface area contributed by atoms with Gasteiger partial charge < -0.3 is 25.4 Å². The lowest BCUT2D eigenvalue weighted by molar-refractivity contribution is -0.143. The van der Waals surface area contributed by atoms with Crippen molar-refractivity contribution in [2.24, 2.45) is 5.92 Å². The SMILES string of the molecule is CCC(C)[C@H](NC(=O)[C@@H](C)NC(=O)C1(c2ccccc2)CCN(C(=O)OC(C)(C)C)CC1)C(=O)O. The number of nitrogens with zero attached hydrogens (tertiary/aromatic N) is 1. The molecular formula is C26H39N3O6. The van der Waals surface area contributed by atoms with Crippen LogP contribution in [0.1, 0.15) is 66.4 Å². The summed E-state index contributed by atoms with van der Waals surface area (Å²) in [6.07, 6.45) is 0.891. The maximum Gasteiger partial charge on any atom is 0.410 e. The summed E-state index contributed by atoms with van der Waals surface area (Å²) >= 11 is 0. The molecule has 9 heteroatoms. The number of ether oxygens (including phenoxy) is 1. The number of carboxylic acids is 1. The van der Waals surface area contributed by atoms with Crippen molar-refractivity contribution in [1.29, 1.82) is 0 Å². The number of carbonyl (C=O) groups is 4. The first-order valence-electron chi connectivity index (χ1n) is 12.2. The van der Waals surface area contributed by atoms with E-state index in [4.69, 9.17) is 4.74 Å². The fraction of sp³-hybridized carbons (Fsp3) is 0.615. The van der Waals surface area contributed by atoms with Gasteiger partial charge in [-0.15, -0.1) is 0 Å². The Balaban J connectivity index is 2.18. The van der Waals surface area contributed by atoms with E-state index in [1.165, 1.54) is 6.92 Å². The zero-order chi connectivity index (χ0) is 26.4. The number of carbonyl (C=O) groups excluding carboxylic acids is 3. The van der Waals surface area contributed by atoms with Crippen molar-refractivity contribution in [2.75, 3.05) is 13.1 Å². The third kappa shape index (κ3) is 7.19. The summed E-state index contributed by atoms with van der Waals surface area (Å²) in [7, 11) is 0. The van der Waals surface area contributed by atoms with E-state index in [0.717, 1.165) is 5.56 Å². The zero-order valence-corrected chi connectivity index (χ0v) is 21.6. The Labute approximate surface area is 207 Å². The van der Waals surface area contributed by atoms with Crippen LogP contribution in [-0.2, 0) is 24.5 Å². The van der Waals surface area contributed by atoms with Crippen LogP contribution < -0.4 is 10.6 Å². The molecule has 0 radical (unpaired) electrons. The normalized spacial score (nSPS) is 18.1. The van der Waals surface area contributed by atoms with Gasteiger partial charge in [0, 0.05) is 13.1 Å². The number of piperidine rings is 1. The van der Waals surface area contributed by atoms with Gasteiger partial charge in [-0.05, 0) is 52.0 Å². The molecule has 1 aromatic rings. The molecule has 0 aromatic heterocycles. The lowest BCUT2D eigenvalue weighted by atomic mass is 9.72. The second kappa shape index (κ2) is 11.6. The second-order valence-electron chi connectivity index (χ2n) is 10.3. The van der Waals surface area contributed by atoms with E-state index in [9.17, 15) is 24.3 Å². The van der Waals surface area contributed by atoms with Crippen LogP contribution in [-0.4, -0.2) is 64.7 Å². The molecule has 3 atom stereocenters. The molecule has 1 unspecified atom stereocenters. The summed E-state index contributed by atoms with van der Waals surface area (Å²) in [4.78, 5) is 52.1. The highest BCUT2D eigenvalue weighted by molar-refractivity contribution is 5.94. The minimum Gasteiger partial charge on any atom is -0.480 e. The molecule has 3 N–H and O–H groups in total. The van der Waals surface area contributed by atoms with E-state index >= 15 is 0 Å². The Morgan fingerprint density at radius 3 is 2.11 bits per heavy atom. The fourth-order valence-corrected chi connectivity index (χ4v) is 4.16. The van der Waals surface area contributed by atoms with Crippen molar-refractivity contribution < 1.29 is 29.0 Å². The monoisotopic (exact) mass is 489 g/mol. The molecule has 9 nitrogen and oxygen atoms in total. The maximum absolute atomic E-state index is 13.6. The van der Waals surface area contributed by atoms with E-state index in [-0.39, 0.29) is 11.8 Å². The van der Waals surface area contributed by atoms with Gasteiger partial charge in [-0.25, -0.2) is 9.59 Å². The molecule has 1 aliphatic rings. The van der Waals surface area contributed by atoms with Gasteiger partial charge in [-0.1, -0.05) is 50.6 Å². The van der Waals surface area contributed by atoms with Gasteiger partial charge in [0.2, 0.25) is 11.8 Å². The molecule has 0 bridgehead atoms. The molecule has 0 aliphatic carbocycles. The first kappa shape index (κ1) is 28.1. The Morgan fingerprint density at radius 2 is 1.63 bits per heavy atom. The van der Waals surface area contributed by atoms with Crippen LogP contribution in [0.15, 0.2) is 30.3 Å². The second-order valence-corrected chi connectivity index (χ2v) is 10.3. The third-order valence-corrected chi connectivity index (χ3v) is 6.55. The quantitative estimate of drug-likeness (QED) is 0.515.